The van der Waals surface area contributed by atoms with Crippen LogP contribution in [0.1, 0.15) is 160 Å². The minimum Gasteiger partial charge on any atom is -0.460 e. The second kappa shape index (κ2) is 39.0. The van der Waals surface area contributed by atoms with Gasteiger partial charge in [0.15, 0.2) is 11.7 Å². The lowest BCUT2D eigenvalue weighted by Gasteiger charge is -2.19. The Morgan fingerprint density at radius 2 is 1.03 bits per heavy atom. The van der Waals surface area contributed by atoms with Crippen LogP contribution in [0, 0.1) is 41.5 Å². The number of guanidine groups is 1. The van der Waals surface area contributed by atoms with E-state index in [1.807, 2.05) is 162 Å². The van der Waals surface area contributed by atoms with Gasteiger partial charge in [0.05, 0.1) is 81.9 Å². The van der Waals surface area contributed by atoms with Crippen LogP contribution in [0.2, 0.25) is 13.1 Å². The van der Waals surface area contributed by atoms with Gasteiger partial charge in [-0.3, -0.25) is 38.9 Å². The van der Waals surface area contributed by atoms with Gasteiger partial charge in [-0.15, -0.1) is 0 Å². The summed E-state index contributed by atoms with van der Waals surface area (Å²) in [5, 5.41) is 24.5. The zero-order valence-corrected chi connectivity index (χ0v) is 60.0. The molecule has 3 aliphatic rings. The summed E-state index contributed by atoms with van der Waals surface area (Å²) in [5.74, 6) is 0.425. The Kier molecular flexibility index (Phi) is 31.5. The fourth-order valence-corrected chi connectivity index (χ4v) is 11.3. The van der Waals surface area contributed by atoms with Gasteiger partial charge in [-0.2, -0.15) is 0 Å². The lowest BCUT2D eigenvalue weighted by molar-refractivity contribution is -0.155. The summed E-state index contributed by atoms with van der Waals surface area (Å²) in [5.41, 5.74) is 35.4. The molecule has 8 heterocycles. The van der Waals surface area contributed by atoms with Crippen molar-refractivity contribution in [1.29, 1.82) is 0 Å². The number of carbonyl (C=O) groups is 5. The molecule has 0 bridgehead atoms. The van der Waals surface area contributed by atoms with Crippen molar-refractivity contribution in [2.24, 2.45) is 22.2 Å². The number of pyridine rings is 3. The van der Waals surface area contributed by atoms with Crippen molar-refractivity contribution in [1.82, 2.24) is 39.8 Å². The largest absolute Gasteiger partial charge is 0.460 e. The molecule has 0 fully saturated rings. The van der Waals surface area contributed by atoms with Gasteiger partial charge < -0.3 is 58.4 Å². The van der Waals surface area contributed by atoms with Crippen molar-refractivity contribution in [3.8, 4) is 22.5 Å². The maximum Gasteiger partial charge on any atom is 0.306 e. The highest BCUT2D eigenvalue weighted by Gasteiger charge is 2.26. The molecule has 0 atom stereocenters. The van der Waals surface area contributed by atoms with Gasteiger partial charge in [0.2, 0.25) is 29.6 Å². The van der Waals surface area contributed by atoms with Crippen LogP contribution < -0.4 is 43.8 Å². The van der Waals surface area contributed by atoms with Crippen LogP contribution in [-0.2, 0) is 56.0 Å². The molecule has 3 amide bonds. The van der Waals surface area contributed by atoms with Crippen molar-refractivity contribution in [2.75, 3.05) is 47.2 Å². The van der Waals surface area contributed by atoms with Gasteiger partial charge >= 0.3 is 5.97 Å². The summed E-state index contributed by atoms with van der Waals surface area (Å²) in [6, 6.07) is 23.5. The van der Waals surface area contributed by atoms with Crippen LogP contribution in [0.25, 0.3) is 22.5 Å². The summed E-state index contributed by atoms with van der Waals surface area (Å²) < 4.78 is 5.37. The number of unbranched alkanes of at least 4 members (excludes halogenated alkanes) is 2. The quantitative estimate of drug-likeness (QED) is 0.00906. The van der Waals surface area contributed by atoms with E-state index in [1.165, 1.54) is 0 Å². The van der Waals surface area contributed by atoms with Crippen LogP contribution >= 0.6 is 0 Å². The van der Waals surface area contributed by atoms with E-state index in [4.69, 9.17) is 31.9 Å². The number of ketones is 1. The van der Waals surface area contributed by atoms with E-state index >= 15 is 0 Å². The molecule has 3 aliphatic heterocycles. The molecule has 0 aliphatic carbocycles. The number of nitrogens with zero attached hydrogens (tertiary/aromatic N) is 9. The number of hydrogen-bond acceptors (Lipinski definition) is 19. The first-order chi connectivity index (χ1) is 48.1. The minimum atomic E-state index is -0.455. The highest BCUT2D eigenvalue weighted by Crippen LogP contribution is 2.36. The number of rotatable bonds is 19. The van der Waals surface area contributed by atoms with Gasteiger partial charge in [0.25, 0.3) is 6.92 Å². The van der Waals surface area contributed by atoms with Crippen LogP contribution in [0.15, 0.2) is 121 Å². The smallest absolute Gasteiger partial charge is 0.306 e. The molecular weight excluding hydrogens is 1310 g/mol. The summed E-state index contributed by atoms with van der Waals surface area (Å²) in [7, 11) is 3.66. The summed E-state index contributed by atoms with van der Waals surface area (Å²) in [6.45, 7) is 19.5. The average molecular weight is 1420 g/mol. The van der Waals surface area contributed by atoms with Gasteiger partial charge in [-0.05, 0) is 196 Å². The molecule has 5 aromatic heterocycles. The summed E-state index contributed by atoms with van der Waals surface area (Å²) >= 11 is 0. The second-order valence-corrected chi connectivity index (χ2v) is 26.9. The Balaban J connectivity index is 0.000000257. The molecule has 11 rings (SSSR count). The molecule has 12 N–H and O–H groups in total. The van der Waals surface area contributed by atoms with E-state index in [1.54, 1.807) is 29.6 Å². The number of Topliss-reactive ketones (excluding diaryl/α,β-unsaturated/α-hetero) is 1. The SMILES string of the molecule is C.C.C.CB(O)CCCCc1cnc(C)c(N=C(N)N)c1.Cc1ccc2c(c1)NC(=O)C/C(=C\N(C)C)C2=O.Cc1ccc2c(c1)NC(=O)Cc1cnc(Nc3cc(CCCCC(=O)OC(C)(C)C)cnc3C)nc1-2.Cc1ccc2c(c1)NC(=O)Cc1cnc(Nc3cc(CCCN)cnc3C)nc1-2. The fraction of sp³-hybridized carbons (Fsp3) is 0.380. The third kappa shape index (κ3) is 25.0. The zero-order valence-electron chi connectivity index (χ0n) is 60.0. The van der Waals surface area contributed by atoms with Gasteiger partial charge in [0, 0.05) is 91.1 Å². The normalized spacial score (nSPS) is 12.7. The lowest BCUT2D eigenvalue weighted by Crippen LogP contribution is -2.23. The number of hydrogen-bond donors (Lipinski definition) is 9. The highest BCUT2D eigenvalue weighted by molar-refractivity contribution is 6.48. The number of benzene rings is 3. The number of ether oxygens (including phenoxy) is 1. The average Bonchev–Trinajstić information content (AvgIpc) is 1.56. The first-order valence-corrected chi connectivity index (χ1v) is 34.0. The van der Waals surface area contributed by atoms with E-state index in [-0.39, 0.29) is 83.9 Å². The number of amides is 3. The molecule has 0 spiro atoms. The van der Waals surface area contributed by atoms with Crippen molar-refractivity contribution in [3.05, 3.63) is 183 Å². The number of carbonyl (C=O) groups excluding carboxylic acids is 5. The number of fused-ring (bicyclic) bond motifs is 7. The summed E-state index contributed by atoms with van der Waals surface area (Å²) in [4.78, 5) is 98.2. The van der Waals surface area contributed by atoms with Crippen LogP contribution in [0.4, 0.5) is 46.0 Å². The van der Waals surface area contributed by atoms with Crippen molar-refractivity contribution in [3.63, 3.8) is 0 Å². The Labute approximate surface area is 614 Å². The Morgan fingerprint density at radius 3 is 1.48 bits per heavy atom. The zero-order chi connectivity index (χ0) is 73.1. The van der Waals surface area contributed by atoms with E-state index in [9.17, 15) is 29.0 Å². The topological polar surface area (TPSA) is 359 Å². The monoisotopic (exact) mass is 1420 g/mol. The second-order valence-electron chi connectivity index (χ2n) is 26.9. The molecule has 0 saturated carbocycles. The lowest BCUT2D eigenvalue weighted by atomic mass is 9.67. The van der Waals surface area contributed by atoms with Gasteiger partial charge in [-0.25, -0.2) is 24.9 Å². The maximum absolute atomic E-state index is 12.4. The minimum absolute atomic E-state index is 0. The number of aryl methyl sites for hydroxylation is 9. The fourth-order valence-electron chi connectivity index (χ4n) is 11.3. The predicted molar refractivity (Wildman–Crippen MR) is 421 cm³/mol. The van der Waals surface area contributed by atoms with E-state index < -0.39 is 5.60 Å². The van der Waals surface area contributed by atoms with Gasteiger partial charge in [-0.1, -0.05) is 65.9 Å². The summed E-state index contributed by atoms with van der Waals surface area (Å²) in [6.07, 6.45) is 19.7. The first kappa shape index (κ1) is 83.9. The molecule has 0 saturated heterocycles. The van der Waals surface area contributed by atoms with Crippen LogP contribution in [-0.4, -0.2) is 113 Å². The Hall–Kier alpha value is -10.8. The van der Waals surface area contributed by atoms with Crippen molar-refractivity contribution in [2.45, 2.75) is 180 Å². The molecule has 552 valence electrons. The molecule has 3 aromatic carbocycles. The number of aromatic nitrogens is 7. The van der Waals surface area contributed by atoms with Crippen molar-refractivity contribution >= 4 is 88.4 Å². The number of esters is 1. The number of nitrogens with one attached hydrogen (secondary N) is 5. The predicted octanol–water partition coefficient (Wildman–Crippen LogP) is 13.8. The van der Waals surface area contributed by atoms with Crippen LogP contribution in [0.5, 0.6) is 0 Å². The maximum atomic E-state index is 12.4. The van der Waals surface area contributed by atoms with E-state index in [0.717, 1.165) is 170 Å². The van der Waals surface area contributed by atoms with Gasteiger partial charge in [0.1, 0.15) is 5.60 Å². The van der Waals surface area contributed by atoms with Crippen molar-refractivity contribution < 1.29 is 33.7 Å². The first-order valence-electron chi connectivity index (χ1n) is 34.0. The number of anilines is 7. The third-order valence-corrected chi connectivity index (χ3v) is 16.3. The Bertz CT molecular complexity index is 4390. The standard InChI is InChI=1S/C28H33N5O3.C22H24N6O.C14H16N2O2.C12H21BN4O.3CH4/c1-17-10-11-21-23(12-17)31-24(34)14-20-16-30-27(33-26(20)21)32-22-13-19(15-29-18(22)2)8-6-7-9-25(35)36-28(3,4)5;1-13-5-6-17-19(8-13)26-20(29)10-16-12-25-22(28-21(16)17)27-18-9-15(4-3-7-23)11-24-14(18)2;1-9-4-5-11-12(6-9)15-13(17)7-10(14(11)18)8-16(2)3;1-9-11(17-12(14)15)7-10(8-16-9)5-3-4-6-13(2)18;;;/h10-13,15-16H,6-9,14H2,1-5H3,(H,31,34)(H,30,32,33);5-6,8-9,11-12H,3-4,7,10,23H2,1-2H3,(H,26,29)(H,25,27,28);4-6,8H,7H2,1-3H3,(H,15,17);7-8,18H,3-6H2,1-2H3,(H4,14,15,17);3*1H4/b;;10-8+;;;;. The highest BCUT2D eigenvalue weighted by atomic mass is 16.6. The molecule has 25 heteroatoms. The number of nitrogens with two attached hydrogens (primary N) is 3. The molecule has 8 aromatic rings. The third-order valence-electron chi connectivity index (χ3n) is 16.3. The van der Waals surface area contributed by atoms with E-state index in [0.29, 0.717) is 41.7 Å². The molecule has 0 unspecified atom stereocenters. The Morgan fingerprint density at radius 1 is 0.596 bits per heavy atom. The number of aliphatic imine (C=N–C) groups is 1. The van der Waals surface area contributed by atoms with Crippen LogP contribution in [0.3, 0.4) is 0 Å². The van der Waals surface area contributed by atoms with E-state index in [2.05, 4.69) is 62.6 Å². The molecule has 24 nitrogen and oxygen atoms in total. The molecule has 0 radical (unpaired) electrons. The molecule has 104 heavy (non-hydrogen) atoms. The molecular formula is C79H106BN17O7.